The van der Waals surface area contributed by atoms with E-state index in [1.165, 1.54) is 4.90 Å². The van der Waals surface area contributed by atoms with Crippen LogP contribution in [0.1, 0.15) is 26.7 Å². The fourth-order valence-corrected chi connectivity index (χ4v) is 2.45. The van der Waals surface area contributed by atoms with Gasteiger partial charge in [-0.2, -0.15) is 0 Å². The molecule has 1 aromatic rings. The predicted molar refractivity (Wildman–Crippen MR) is 80.6 cm³/mol. The van der Waals surface area contributed by atoms with Crippen molar-refractivity contribution in [1.82, 2.24) is 5.32 Å². The molecule has 0 bridgehead atoms. The van der Waals surface area contributed by atoms with Gasteiger partial charge in [0.25, 0.3) is 0 Å². The largest absolute Gasteiger partial charge is 0.464 e. The van der Waals surface area contributed by atoms with E-state index in [2.05, 4.69) is 5.32 Å². The number of thioether (sulfide) groups is 1. The second-order valence-electron chi connectivity index (χ2n) is 4.31. The Morgan fingerprint density at radius 1 is 1.30 bits per heavy atom. The van der Waals surface area contributed by atoms with Crippen LogP contribution in [-0.2, 0) is 14.3 Å². The molecule has 0 aliphatic carbocycles. The Morgan fingerprint density at radius 3 is 2.65 bits per heavy atom. The maximum Gasteiger partial charge on any atom is 0.328 e. The number of hydrogen-bond acceptors (Lipinski definition) is 4. The van der Waals surface area contributed by atoms with E-state index in [0.29, 0.717) is 13.0 Å². The van der Waals surface area contributed by atoms with E-state index < -0.39 is 6.04 Å². The lowest BCUT2D eigenvalue weighted by Crippen LogP contribution is -2.39. The highest BCUT2D eigenvalue weighted by Gasteiger charge is 2.15. The summed E-state index contributed by atoms with van der Waals surface area (Å²) < 4.78 is 4.83. The van der Waals surface area contributed by atoms with Crippen molar-refractivity contribution >= 4 is 23.6 Å². The maximum absolute atomic E-state index is 11.6. The Kier molecular flexibility index (Phi) is 7.80. The van der Waals surface area contributed by atoms with Gasteiger partial charge in [-0.3, -0.25) is 4.79 Å². The minimum absolute atomic E-state index is 0.112. The van der Waals surface area contributed by atoms with E-state index in [4.69, 9.17) is 4.74 Å². The number of carbonyl (C=O) groups is 2. The highest BCUT2D eigenvalue weighted by atomic mass is 32.2. The summed E-state index contributed by atoms with van der Waals surface area (Å²) in [4.78, 5) is 24.2. The van der Waals surface area contributed by atoms with Crippen molar-refractivity contribution in [3.8, 4) is 0 Å². The quantitative estimate of drug-likeness (QED) is 0.455. The van der Waals surface area contributed by atoms with Crippen molar-refractivity contribution in [3.05, 3.63) is 30.3 Å². The first kappa shape index (κ1) is 16.6. The van der Waals surface area contributed by atoms with Gasteiger partial charge in [0.1, 0.15) is 6.04 Å². The average Bonchev–Trinajstić information content (AvgIpc) is 2.45. The van der Waals surface area contributed by atoms with Gasteiger partial charge in [0.15, 0.2) is 0 Å². The smallest absolute Gasteiger partial charge is 0.328 e. The predicted octanol–water partition coefficient (Wildman–Crippen LogP) is 2.63. The zero-order valence-electron chi connectivity index (χ0n) is 11.9. The number of rotatable bonds is 8. The van der Waals surface area contributed by atoms with Gasteiger partial charge in [0.05, 0.1) is 6.61 Å². The molecule has 1 rings (SSSR count). The number of amides is 1. The molecule has 1 N–H and O–H groups in total. The molecule has 5 heteroatoms. The highest BCUT2D eigenvalue weighted by molar-refractivity contribution is 7.99. The summed E-state index contributed by atoms with van der Waals surface area (Å²) in [6, 6.07) is 9.49. The van der Waals surface area contributed by atoms with Gasteiger partial charge in [-0.05, 0) is 38.2 Å². The van der Waals surface area contributed by atoms with E-state index in [1.807, 2.05) is 30.3 Å². The molecule has 1 unspecified atom stereocenters. The second kappa shape index (κ2) is 9.42. The van der Waals surface area contributed by atoms with E-state index in [-0.39, 0.29) is 11.9 Å². The molecule has 0 saturated carbocycles. The van der Waals surface area contributed by atoms with E-state index >= 15 is 0 Å². The molecule has 0 fully saturated rings. The molecule has 0 spiro atoms. The summed E-state index contributed by atoms with van der Waals surface area (Å²) in [5.74, 6) is 0.379. The SMILES string of the molecule is CCOC(=O)C(C)NC(=O)CCCSc1ccccc1. The zero-order chi connectivity index (χ0) is 14.8. The molecule has 0 aliphatic heterocycles. The number of nitrogens with one attached hydrogen (secondary N) is 1. The topological polar surface area (TPSA) is 55.4 Å². The number of ether oxygens (including phenoxy) is 1. The fraction of sp³-hybridized carbons (Fsp3) is 0.467. The van der Waals surface area contributed by atoms with Crippen LogP contribution in [0.5, 0.6) is 0 Å². The minimum Gasteiger partial charge on any atom is -0.464 e. The van der Waals surface area contributed by atoms with Crippen molar-refractivity contribution in [2.24, 2.45) is 0 Å². The monoisotopic (exact) mass is 295 g/mol. The van der Waals surface area contributed by atoms with Crippen LogP contribution in [0.25, 0.3) is 0 Å². The van der Waals surface area contributed by atoms with Crippen molar-refractivity contribution in [3.63, 3.8) is 0 Å². The summed E-state index contributed by atoms with van der Waals surface area (Å²) in [6.45, 7) is 3.70. The lowest BCUT2D eigenvalue weighted by atomic mass is 10.3. The Balaban J connectivity index is 2.15. The Morgan fingerprint density at radius 2 is 2.00 bits per heavy atom. The van der Waals surface area contributed by atoms with Crippen molar-refractivity contribution in [1.29, 1.82) is 0 Å². The Labute approximate surface area is 124 Å². The molecule has 4 nitrogen and oxygen atoms in total. The number of hydrogen-bond donors (Lipinski definition) is 1. The van der Waals surface area contributed by atoms with Crippen LogP contribution in [0.15, 0.2) is 35.2 Å². The molecular weight excluding hydrogens is 274 g/mol. The highest BCUT2D eigenvalue weighted by Crippen LogP contribution is 2.18. The molecule has 20 heavy (non-hydrogen) atoms. The van der Waals surface area contributed by atoms with Crippen LogP contribution in [0.4, 0.5) is 0 Å². The Bertz CT molecular complexity index is 422. The van der Waals surface area contributed by atoms with Crippen molar-refractivity contribution in [2.75, 3.05) is 12.4 Å². The molecule has 1 atom stereocenters. The summed E-state index contributed by atoms with van der Waals surface area (Å²) >= 11 is 1.72. The first-order valence-electron chi connectivity index (χ1n) is 6.77. The van der Waals surface area contributed by atoms with Crippen molar-refractivity contribution < 1.29 is 14.3 Å². The molecule has 0 aliphatic rings. The molecule has 0 saturated heterocycles. The lowest BCUT2D eigenvalue weighted by Gasteiger charge is -2.12. The van der Waals surface area contributed by atoms with Gasteiger partial charge >= 0.3 is 5.97 Å². The van der Waals surface area contributed by atoms with Crippen LogP contribution in [0, 0.1) is 0 Å². The Hall–Kier alpha value is -1.49. The third-order valence-electron chi connectivity index (χ3n) is 2.58. The third kappa shape index (κ3) is 6.61. The first-order valence-corrected chi connectivity index (χ1v) is 7.76. The van der Waals surface area contributed by atoms with Crippen molar-refractivity contribution in [2.45, 2.75) is 37.6 Å². The normalized spacial score (nSPS) is 11.7. The van der Waals surface area contributed by atoms with E-state index in [0.717, 1.165) is 12.2 Å². The molecule has 1 aromatic carbocycles. The second-order valence-corrected chi connectivity index (χ2v) is 5.47. The molecule has 1 amide bonds. The van der Waals surface area contributed by atoms with Gasteiger partial charge in [-0.25, -0.2) is 4.79 Å². The molecular formula is C15H21NO3S. The van der Waals surface area contributed by atoms with Gasteiger partial charge in [0.2, 0.25) is 5.91 Å². The van der Waals surface area contributed by atoms with Gasteiger partial charge in [-0.15, -0.1) is 11.8 Å². The summed E-state index contributed by atoms with van der Waals surface area (Å²) in [7, 11) is 0. The fourth-order valence-electron chi connectivity index (χ4n) is 1.58. The average molecular weight is 295 g/mol. The van der Waals surface area contributed by atoms with Gasteiger partial charge in [0, 0.05) is 11.3 Å². The van der Waals surface area contributed by atoms with Crippen LogP contribution in [0.2, 0.25) is 0 Å². The van der Waals surface area contributed by atoms with Gasteiger partial charge in [-0.1, -0.05) is 18.2 Å². The van der Waals surface area contributed by atoms with Gasteiger partial charge < -0.3 is 10.1 Å². The number of benzene rings is 1. The summed E-state index contributed by atoms with van der Waals surface area (Å²) in [5.41, 5.74) is 0. The first-order chi connectivity index (χ1) is 9.63. The molecule has 110 valence electrons. The minimum atomic E-state index is -0.579. The van der Waals surface area contributed by atoms with E-state index in [9.17, 15) is 9.59 Å². The van der Waals surface area contributed by atoms with Crippen LogP contribution >= 0.6 is 11.8 Å². The number of carbonyl (C=O) groups excluding carboxylic acids is 2. The van der Waals surface area contributed by atoms with Crippen LogP contribution in [0.3, 0.4) is 0 Å². The third-order valence-corrected chi connectivity index (χ3v) is 3.68. The summed E-state index contributed by atoms with van der Waals surface area (Å²) in [6.07, 6.45) is 1.20. The molecule has 0 aromatic heterocycles. The summed E-state index contributed by atoms with van der Waals surface area (Å²) in [5, 5.41) is 2.64. The van der Waals surface area contributed by atoms with Crippen LogP contribution < -0.4 is 5.32 Å². The standard InChI is InChI=1S/C15H21NO3S/c1-3-19-15(18)12(2)16-14(17)10-7-11-20-13-8-5-4-6-9-13/h4-6,8-9,12H,3,7,10-11H2,1-2H3,(H,16,17). The number of esters is 1. The lowest BCUT2D eigenvalue weighted by molar-refractivity contribution is -0.146. The maximum atomic E-state index is 11.6. The van der Waals surface area contributed by atoms with Crippen LogP contribution in [-0.4, -0.2) is 30.3 Å². The molecule has 0 heterocycles. The van der Waals surface area contributed by atoms with E-state index in [1.54, 1.807) is 25.6 Å². The zero-order valence-corrected chi connectivity index (χ0v) is 12.7. The molecule has 0 radical (unpaired) electrons.